The van der Waals surface area contributed by atoms with Gasteiger partial charge in [0, 0.05) is 17.0 Å². The van der Waals surface area contributed by atoms with Gasteiger partial charge in [-0.25, -0.2) is 0 Å². The number of nitrogens with zero attached hydrogens (tertiary/aromatic N) is 2. The molecule has 0 aliphatic carbocycles. The van der Waals surface area contributed by atoms with Crippen LogP contribution < -0.4 is 11.1 Å². The van der Waals surface area contributed by atoms with Crippen LogP contribution in [0.4, 0.5) is 0 Å². The lowest BCUT2D eigenvalue weighted by Gasteiger charge is -2.19. The van der Waals surface area contributed by atoms with Gasteiger partial charge in [-0.3, -0.25) is 4.79 Å². The molecular weight excluding hydrogens is 336 g/mol. The molecule has 1 heterocycles. The highest BCUT2D eigenvalue weighted by molar-refractivity contribution is 7.98. The van der Waals surface area contributed by atoms with Gasteiger partial charge in [-0.1, -0.05) is 17.3 Å². The molecule has 0 saturated carbocycles. The minimum absolute atomic E-state index is 0. The maximum absolute atomic E-state index is 12.3. The summed E-state index contributed by atoms with van der Waals surface area (Å²) in [5.74, 6) is 1.53. The highest BCUT2D eigenvalue weighted by atomic mass is 35.5. The number of halogens is 1. The number of thioether (sulfide) groups is 1. The van der Waals surface area contributed by atoms with Crippen LogP contribution in [0.3, 0.4) is 0 Å². The third-order valence-electron chi connectivity index (χ3n) is 2.76. The van der Waals surface area contributed by atoms with Crippen molar-refractivity contribution in [1.82, 2.24) is 15.5 Å². The number of benzene rings is 1. The highest BCUT2D eigenvalue weighted by Gasteiger charge is 2.16. The molecular formula is C15H21ClN4O2S. The third kappa shape index (κ3) is 6.21. The zero-order valence-corrected chi connectivity index (χ0v) is 15.0. The van der Waals surface area contributed by atoms with E-state index in [1.54, 1.807) is 13.0 Å². The molecule has 0 radical (unpaired) electrons. The largest absolute Gasteiger partial charge is 0.350 e. The van der Waals surface area contributed by atoms with Crippen LogP contribution in [0.2, 0.25) is 0 Å². The van der Waals surface area contributed by atoms with E-state index in [-0.39, 0.29) is 18.3 Å². The number of hydrogen-bond acceptors (Lipinski definition) is 6. The molecule has 0 bridgehead atoms. The SMILES string of the molecule is Cc1noc(CSc2ccccc2C(=O)NCC(C)(C)N)n1.Cl. The Morgan fingerprint density at radius 3 is 2.70 bits per heavy atom. The van der Waals surface area contributed by atoms with Crippen molar-refractivity contribution in [3.8, 4) is 0 Å². The predicted octanol–water partition coefficient (Wildman–Crippen LogP) is 2.56. The number of rotatable bonds is 6. The van der Waals surface area contributed by atoms with Gasteiger partial charge >= 0.3 is 0 Å². The quantitative estimate of drug-likeness (QED) is 0.772. The fraction of sp³-hybridized carbons (Fsp3) is 0.400. The van der Waals surface area contributed by atoms with Gasteiger partial charge in [0.05, 0.1) is 11.3 Å². The average molecular weight is 357 g/mol. The van der Waals surface area contributed by atoms with Crippen molar-refractivity contribution < 1.29 is 9.32 Å². The maximum atomic E-state index is 12.3. The lowest BCUT2D eigenvalue weighted by Crippen LogP contribution is -2.45. The van der Waals surface area contributed by atoms with Crippen molar-refractivity contribution in [3.63, 3.8) is 0 Å². The van der Waals surface area contributed by atoms with Crippen molar-refractivity contribution in [2.75, 3.05) is 6.54 Å². The van der Waals surface area contributed by atoms with E-state index in [2.05, 4.69) is 15.5 Å². The average Bonchev–Trinajstić information content (AvgIpc) is 2.88. The van der Waals surface area contributed by atoms with Gasteiger partial charge in [-0.05, 0) is 32.9 Å². The molecule has 0 spiro atoms. The molecule has 0 unspecified atom stereocenters. The Hall–Kier alpha value is -1.57. The first-order valence-electron chi connectivity index (χ1n) is 6.93. The summed E-state index contributed by atoms with van der Waals surface area (Å²) in [6.45, 7) is 5.92. The number of aryl methyl sites for hydroxylation is 1. The molecule has 1 aromatic carbocycles. The molecule has 8 heteroatoms. The summed E-state index contributed by atoms with van der Waals surface area (Å²) < 4.78 is 5.08. The van der Waals surface area contributed by atoms with E-state index < -0.39 is 5.54 Å². The molecule has 0 atom stereocenters. The van der Waals surface area contributed by atoms with E-state index in [0.29, 0.717) is 29.6 Å². The fourth-order valence-corrected chi connectivity index (χ4v) is 2.61. The second-order valence-electron chi connectivity index (χ2n) is 5.69. The predicted molar refractivity (Wildman–Crippen MR) is 92.9 cm³/mol. The van der Waals surface area contributed by atoms with E-state index in [0.717, 1.165) is 4.90 Å². The minimum atomic E-state index is -0.445. The Labute approximate surface area is 146 Å². The first-order valence-corrected chi connectivity index (χ1v) is 7.92. The first-order chi connectivity index (χ1) is 10.3. The van der Waals surface area contributed by atoms with E-state index in [4.69, 9.17) is 10.3 Å². The molecule has 0 saturated heterocycles. The van der Waals surface area contributed by atoms with Crippen LogP contribution >= 0.6 is 24.2 Å². The van der Waals surface area contributed by atoms with Crippen molar-refractivity contribution in [2.45, 2.75) is 37.0 Å². The van der Waals surface area contributed by atoms with E-state index in [1.165, 1.54) is 11.8 Å². The van der Waals surface area contributed by atoms with Crippen LogP contribution in [-0.4, -0.2) is 28.1 Å². The Bertz CT molecular complexity index is 655. The van der Waals surface area contributed by atoms with Crippen molar-refractivity contribution >= 4 is 30.1 Å². The normalized spacial score (nSPS) is 11.0. The summed E-state index contributed by atoms with van der Waals surface area (Å²) in [4.78, 5) is 17.3. The zero-order valence-electron chi connectivity index (χ0n) is 13.3. The Morgan fingerprint density at radius 1 is 1.39 bits per heavy atom. The number of carbonyl (C=O) groups excluding carboxylic acids is 1. The highest BCUT2D eigenvalue weighted by Crippen LogP contribution is 2.25. The Kier molecular flexibility index (Phi) is 7.05. The lowest BCUT2D eigenvalue weighted by atomic mass is 10.1. The summed E-state index contributed by atoms with van der Waals surface area (Å²) in [6, 6.07) is 7.42. The first kappa shape index (κ1) is 19.5. The van der Waals surface area contributed by atoms with Crippen LogP contribution in [-0.2, 0) is 5.75 Å². The molecule has 6 nitrogen and oxygen atoms in total. The van der Waals surface area contributed by atoms with Crippen LogP contribution in [0.1, 0.15) is 35.9 Å². The summed E-state index contributed by atoms with van der Waals surface area (Å²) in [5, 5.41) is 6.60. The summed E-state index contributed by atoms with van der Waals surface area (Å²) in [5.41, 5.74) is 6.06. The number of amides is 1. The molecule has 2 aromatic rings. The minimum Gasteiger partial charge on any atom is -0.350 e. The number of nitrogens with one attached hydrogen (secondary N) is 1. The van der Waals surface area contributed by atoms with Gasteiger partial charge in [-0.15, -0.1) is 24.2 Å². The number of aromatic nitrogens is 2. The van der Waals surface area contributed by atoms with Crippen molar-refractivity contribution in [2.24, 2.45) is 5.73 Å². The van der Waals surface area contributed by atoms with E-state index in [1.807, 2.05) is 32.0 Å². The zero-order chi connectivity index (χ0) is 16.2. The van der Waals surface area contributed by atoms with Gasteiger partial charge in [0.2, 0.25) is 5.89 Å². The van der Waals surface area contributed by atoms with Crippen LogP contribution in [0.15, 0.2) is 33.7 Å². The molecule has 1 aromatic heterocycles. The smallest absolute Gasteiger partial charge is 0.252 e. The number of nitrogens with two attached hydrogens (primary N) is 1. The molecule has 0 aliphatic rings. The summed E-state index contributed by atoms with van der Waals surface area (Å²) in [6.07, 6.45) is 0. The van der Waals surface area contributed by atoms with Crippen molar-refractivity contribution in [1.29, 1.82) is 0 Å². The van der Waals surface area contributed by atoms with Crippen LogP contribution in [0.5, 0.6) is 0 Å². The molecule has 0 aliphatic heterocycles. The Morgan fingerprint density at radius 2 is 2.09 bits per heavy atom. The molecule has 1 amide bonds. The van der Waals surface area contributed by atoms with E-state index >= 15 is 0 Å². The van der Waals surface area contributed by atoms with E-state index in [9.17, 15) is 4.79 Å². The maximum Gasteiger partial charge on any atom is 0.252 e. The van der Waals surface area contributed by atoms with Crippen LogP contribution in [0, 0.1) is 6.92 Å². The second kappa shape index (κ2) is 8.33. The molecule has 3 N–H and O–H groups in total. The van der Waals surface area contributed by atoms with Crippen molar-refractivity contribution in [3.05, 3.63) is 41.5 Å². The number of carbonyl (C=O) groups is 1. The monoisotopic (exact) mass is 356 g/mol. The van der Waals surface area contributed by atoms with Gasteiger partial charge in [0.15, 0.2) is 5.82 Å². The second-order valence-corrected chi connectivity index (χ2v) is 6.71. The molecule has 126 valence electrons. The van der Waals surface area contributed by atoms with Gasteiger partial charge in [0.1, 0.15) is 0 Å². The van der Waals surface area contributed by atoms with Gasteiger partial charge in [0.25, 0.3) is 5.91 Å². The fourth-order valence-electron chi connectivity index (χ4n) is 1.72. The van der Waals surface area contributed by atoms with Gasteiger partial charge < -0.3 is 15.6 Å². The standard InChI is InChI=1S/C15H20N4O2S.ClH/c1-10-18-13(21-19-10)8-22-12-7-5-4-6-11(12)14(20)17-9-15(2,3)16;/h4-7H,8-9,16H2,1-3H3,(H,17,20);1H. The summed E-state index contributed by atoms with van der Waals surface area (Å²) >= 11 is 1.49. The molecule has 2 rings (SSSR count). The lowest BCUT2D eigenvalue weighted by molar-refractivity contribution is 0.0943. The third-order valence-corrected chi connectivity index (χ3v) is 3.82. The summed E-state index contributed by atoms with van der Waals surface area (Å²) in [7, 11) is 0. The van der Waals surface area contributed by atoms with Gasteiger partial charge in [-0.2, -0.15) is 4.98 Å². The van der Waals surface area contributed by atoms with Crippen LogP contribution in [0.25, 0.3) is 0 Å². The number of hydrogen-bond donors (Lipinski definition) is 2. The Balaban J connectivity index is 0.00000264. The topological polar surface area (TPSA) is 94.0 Å². The molecule has 0 fully saturated rings. The molecule has 23 heavy (non-hydrogen) atoms.